The maximum atomic E-state index is 12.1. The highest BCUT2D eigenvalue weighted by Gasteiger charge is 2.29. The van der Waals surface area contributed by atoms with Gasteiger partial charge >= 0.3 is 5.97 Å². The average molecular weight is 438 g/mol. The monoisotopic (exact) mass is 437 g/mol. The van der Waals surface area contributed by atoms with E-state index in [1.54, 1.807) is 11.8 Å². The molecule has 0 radical (unpaired) electrons. The molecule has 1 aromatic rings. The van der Waals surface area contributed by atoms with Gasteiger partial charge in [0.25, 0.3) is 5.24 Å². The van der Waals surface area contributed by atoms with Gasteiger partial charge in [-0.1, -0.05) is 61.5 Å². The first kappa shape index (κ1) is 23.8. The largest absolute Gasteiger partial charge is 0.481 e. The Labute approximate surface area is 181 Å². The van der Waals surface area contributed by atoms with Gasteiger partial charge in [0.1, 0.15) is 0 Å². The van der Waals surface area contributed by atoms with E-state index in [-0.39, 0.29) is 17.7 Å². The number of carboxylic acid groups (broad SMARTS) is 1. The average Bonchev–Trinajstić information content (AvgIpc) is 3.03. The molecule has 0 aromatic heterocycles. The van der Waals surface area contributed by atoms with Gasteiger partial charge in [0, 0.05) is 30.9 Å². The van der Waals surface area contributed by atoms with Crippen LogP contribution in [-0.4, -0.2) is 62.3 Å². The SMILES string of the molecule is CCCc1cccc(C[C@H](O)/C=C/[C@H]2CSC(=O)N2CCSCCCC(=O)O)c1. The summed E-state index contributed by atoms with van der Waals surface area (Å²) in [4.78, 5) is 24.5. The molecular formula is C22H31NO4S2. The standard InChI is InChI=1S/C22H31NO4S2/c1-2-5-17-6-3-7-18(14-17)15-20(24)10-9-19-16-29-22(27)23(19)11-13-28-12-4-8-21(25)26/h3,6-7,9-10,14,19-20,24H,2,4-5,8,11-13,15-16H2,1H3,(H,25,26)/b10-9+/t19-,20+/m0/s1. The molecule has 7 heteroatoms. The van der Waals surface area contributed by atoms with E-state index in [2.05, 4.69) is 19.1 Å². The molecule has 2 rings (SSSR count). The van der Waals surface area contributed by atoms with Gasteiger partial charge in [0.2, 0.25) is 0 Å². The zero-order valence-corrected chi connectivity index (χ0v) is 18.6. The number of amides is 1. The summed E-state index contributed by atoms with van der Waals surface area (Å²) in [6.07, 6.45) is 6.75. The molecule has 0 unspecified atom stereocenters. The van der Waals surface area contributed by atoms with Crippen LogP contribution in [0.25, 0.3) is 0 Å². The van der Waals surface area contributed by atoms with Crippen molar-refractivity contribution in [2.24, 2.45) is 0 Å². The lowest BCUT2D eigenvalue weighted by atomic mass is 10.0. The van der Waals surface area contributed by atoms with E-state index in [4.69, 9.17) is 5.11 Å². The van der Waals surface area contributed by atoms with Crippen LogP contribution >= 0.6 is 23.5 Å². The number of aryl methyl sites for hydroxylation is 1. The van der Waals surface area contributed by atoms with Crippen LogP contribution in [-0.2, 0) is 17.6 Å². The quantitative estimate of drug-likeness (QED) is 0.355. The number of carbonyl (C=O) groups is 2. The number of thioether (sulfide) groups is 2. The van der Waals surface area contributed by atoms with E-state index >= 15 is 0 Å². The Morgan fingerprint density at radius 1 is 1.38 bits per heavy atom. The number of carboxylic acids is 1. The Bertz CT molecular complexity index is 695. The molecule has 1 aliphatic heterocycles. The van der Waals surface area contributed by atoms with Crippen LogP contribution in [0.4, 0.5) is 4.79 Å². The lowest BCUT2D eigenvalue weighted by Crippen LogP contribution is -2.34. The number of carbonyl (C=O) groups excluding carboxylic acids is 1. The van der Waals surface area contributed by atoms with Crippen molar-refractivity contribution in [1.82, 2.24) is 4.90 Å². The predicted molar refractivity (Wildman–Crippen MR) is 122 cm³/mol. The van der Waals surface area contributed by atoms with Crippen molar-refractivity contribution in [2.75, 3.05) is 23.8 Å². The van der Waals surface area contributed by atoms with E-state index in [1.165, 1.54) is 17.3 Å². The molecule has 1 heterocycles. The second-order valence-electron chi connectivity index (χ2n) is 7.17. The summed E-state index contributed by atoms with van der Waals surface area (Å²) < 4.78 is 0. The molecule has 5 nitrogen and oxygen atoms in total. The fraction of sp³-hybridized carbons (Fsp3) is 0.545. The molecule has 29 heavy (non-hydrogen) atoms. The molecule has 1 aromatic carbocycles. The smallest absolute Gasteiger partial charge is 0.303 e. The Balaban J connectivity index is 1.79. The summed E-state index contributed by atoms with van der Waals surface area (Å²) in [5.74, 6) is 1.52. The number of nitrogens with zero attached hydrogens (tertiary/aromatic N) is 1. The van der Waals surface area contributed by atoms with Gasteiger partial charge in [-0.2, -0.15) is 11.8 Å². The van der Waals surface area contributed by atoms with Crippen molar-refractivity contribution in [3.63, 3.8) is 0 Å². The normalized spacial score (nSPS) is 17.9. The first-order valence-corrected chi connectivity index (χ1v) is 12.3. The third kappa shape index (κ3) is 8.84. The van der Waals surface area contributed by atoms with E-state index in [1.807, 2.05) is 29.2 Å². The molecule has 1 fully saturated rings. The number of aliphatic hydroxyl groups is 1. The fourth-order valence-corrected chi connectivity index (χ4v) is 5.11. The molecule has 0 bridgehead atoms. The second kappa shape index (κ2) is 13.0. The van der Waals surface area contributed by atoms with Gasteiger partial charge in [-0.25, -0.2) is 0 Å². The van der Waals surface area contributed by atoms with Gasteiger partial charge in [-0.15, -0.1) is 0 Å². The zero-order valence-electron chi connectivity index (χ0n) is 17.0. The van der Waals surface area contributed by atoms with Crippen molar-refractivity contribution in [3.8, 4) is 0 Å². The summed E-state index contributed by atoms with van der Waals surface area (Å²) in [5, 5.41) is 19.1. The summed E-state index contributed by atoms with van der Waals surface area (Å²) in [7, 11) is 0. The predicted octanol–water partition coefficient (Wildman–Crippen LogP) is 4.23. The Morgan fingerprint density at radius 2 is 2.17 bits per heavy atom. The molecule has 1 aliphatic rings. The van der Waals surface area contributed by atoms with Crippen LogP contribution in [0.5, 0.6) is 0 Å². The van der Waals surface area contributed by atoms with Crippen molar-refractivity contribution in [1.29, 1.82) is 0 Å². The van der Waals surface area contributed by atoms with Crippen molar-refractivity contribution >= 4 is 34.7 Å². The maximum Gasteiger partial charge on any atom is 0.303 e. The van der Waals surface area contributed by atoms with Crippen LogP contribution in [0, 0.1) is 0 Å². The van der Waals surface area contributed by atoms with Crippen LogP contribution in [0.2, 0.25) is 0 Å². The van der Waals surface area contributed by atoms with Crippen molar-refractivity contribution in [3.05, 3.63) is 47.5 Å². The molecule has 2 N–H and O–H groups in total. The summed E-state index contributed by atoms with van der Waals surface area (Å²) in [5.41, 5.74) is 2.42. The Morgan fingerprint density at radius 3 is 2.93 bits per heavy atom. The highest BCUT2D eigenvalue weighted by molar-refractivity contribution is 8.13. The van der Waals surface area contributed by atoms with Gasteiger partial charge in [0.15, 0.2) is 0 Å². The second-order valence-corrected chi connectivity index (χ2v) is 9.37. The maximum absolute atomic E-state index is 12.1. The van der Waals surface area contributed by atoms with Crippen molar-refractivity contribution < 1.29 is 19.8 Å². The van der Waals surface area contributed by atoms with E-state index in [9.17, 15) is 14.7 Å². The van der Waals surface area contributed by atoms with E-state index in [0.29, 0.717) is 25.1 Å². The molecule has 2 atom stereocenters. The van der Waals surface area contributed by atoms with Crippen LogP contribution < -0.4 is 0 Å². The lowest BCUT2D eigenvalue weighted by molar-refractivity contribution is -0.137. The number of aliphatic hydroxyl groups excluding tert-OH is 1. The summed E-state index contributed by atoms with van der Waals surface area (Å²) in [6, 6.07) is 8.36. The zero-order chi connectivity index (χ0) is 21.1. The van der Waals surface area contributed by atoms with Crippen LogP contribution in [0.3, 0.4) is 0 Å². The topological polar surface area (TPSA) is 77.8 Å². The molecule has 0 saturated carbocycles. The minimum atomic E-state index is -0.766. The first-order valence-electron chi connectivity index (χ1n) is 10.2. The molecule has 0 spiro atoms. The molecule has 1 saturated heterocycles. The molecule has 160 valence electrons. The third-order valence-corrected chi connectivity index (χ3v) is 6.74. The number of hydrogen-bond acceptors (Lipinski definition) is 5. The Hall–Kier alpha value is -1.44. The van der Waals surface area contributed by atoms with E-state index in [0.717, 1.165) is 29.9 Å². The summed E-state index contributed by atoms with van der Waals surface area (Å²) >= 11 is 2.99. The minimum absolute atomic E-state index is 0.00759. The fourth-order valence-electron chi connectivity index (χ4n) is 3.24. The Kier molecular flexibility index (Phi) is 10.7. The van der Waals surface area contributed by atoms with Crippen LogP contribution in [0.15, 0.2) is 36.4 Å². The van der Waals surface area contributed by atoms with E-state index < -0.39 is 12.1 Å². The first-order chi connectivity index (χ1) is 14.0. The molecule has 1 amide bonds. The third-order valence-electron chi connectivity index (χ3n) is 4.70. The van der Waals surface area contributed by atoms with Gasteiger partial charge in [0.05, 0.1) is 12.1 Å². The highest BCUT2D eigenvalue weighted by atomic mass is 32.2. The van der Waals surface area contributed by atoms with Gasteiger partial charge in [-0.05, 0) is 29.7 Å². The van der Waals surface area contributed by atoms with Gasteiger partial charge < -0.3 is 15.1 Å². The number of aliphatic carboxylic acids is 1. The molecular weight excluding hydrogens is 406 g/mol. The summed E-state index contributed by atoms with van der Waals surface area (Å²) in [6.45, 7) is 2.80. The highest BCUT2D eigenvalue weighted by Crippen LogP contribution is 2.25. The van der Waals surface area contributed by atoms with Gasteiger partial charge in [-0.3, -0.25) is 9.59 Å². The lowest BCUT2D eigenvalue weighted by Gasteiger charge is -2.21. The molecule has 0 aliphatic carbocycles. The number of rotatable bonds is 13. The minimum Gasteiger partial charge on any atom is -0.481 e. The number of hydrogen-bond donors (Lipinski definition) is 2. The number of benzene rings is 1. The van der Waals surface area contributed by atoms with Crippen LogP contribution in [0.1, 0.15) is 37.3 Å². The van der Waals surface area contributed by atoms with Crippen molar-refractivity contribution in [2.45, 2.75) is 51.2 Å².